The minimum Gasteiger partial charge on any atom is -0.489 e. The smallest absolute Gasteiger partial charge is 0.275 e. The van der Waals surface area contributed by atoms with E-state index in [1.165, 1.54) is 6.20 Å². The number of aromatic nitrogens is 2. The van der Waals surface area contributed by atoms with E-state index in [4.69, 9.17) is 4.74 Å². The predicted molar refractivity (Wildman–Crippen MR) is 95.6 cm³/mol. The highest BCUT2D eigenvalue weighted by Crippen LogP contribution is 2.25. The zero-order chi connectivity index (χ0) is 17.5. The van der Waals surface area contributed by atoms with Gasteiger partial charge in [0.2, 0.25) is 0 Å². The summed E-state index contributed by atoms with van der Waals surface area (Å²) in [7, 11) is 0. The summed E-state index contributed by atoms with van der Waals surface area (Å²) < 4.78 is 5.70. The number of nitrogens with zero attached hydrogens (tertiary/aromatic N) is 2. The first-order valence-corrected chi connectivity index (χ1v) is 8.15. The van der Waals surface area contributed by atoms with E-state index in [1.54, 1.807) is 12.3 Å². The Hall–Kier alpha value is -2.63. The average molecular weight is 328 g/mol. The molecule has 2 N–H and O–H groups in total. The van der Waals surface area contributed by atoms with Crippen molar-refractivity contribution >= 4 is 17.4 Å². The van der Waals surface area contributed by atoms with Gasteiger partial charge >= 0.3 is 0 Å². The third kappa shape index (κ3) is 4.94. The Kier molecular flexibility index (Phi) is 6.12. The van der Waals surface area contributed by atoms with Gasteiger partial charge in [-0.15, -0.1) is 0 Å². The minimum atomic E-state index is -0.322. The van der Waals surface area contributed by atoms with E-state index < -0.39 is 0 Å². The number of para-hydroxylation sites is 2. The van der Waals surface area contributed by atoms with Crippen LogP contribution in [0.4, 0.5) is 11.5 Å². The second-order valence-electron chi connectivity index (χ2n) is 5.86. The van der Waals surface area contributed by atoms with Gasteiger partial charge in [-0.3, -0.25) is 4.79 Å². The molecule has 1 aromatic heterocycles. The first kappa shape index (κ1) is 17.7. The Balaban J connectivity index is 2.07. The first-order chi connectivity index (χ1) is 11.5. The standard InChI is InChI=1S/C18H24N4O2/c1-5-13(4)21-17-11-19-15(10-20-17)18(23)22-14-8-6-7-9-16(14)24-12(2)3/h6-13H,5H2,1-4H3,(H,20,21)(H,22,23). The molecule has 6 nitrogen and oxygen atoms in total. The van der Waals surface area contributed by atoms with Crippen LogP contribution in [-0.2, 0) is 0 Å². The van der Waals surface area contributed by atoms with Crippen LogP contribution in [0.1, 0.15) is 44.6 Å². The van der Waals surface area contributed by atoms with Crippen molar-refractivity contribution in [2.24, 2.45) is 0 Å². The number of nitrogens with one attached hydrogen (secondary N) is 2. The molecule has 0 spiro atoms. The summed E-state index contributed by atoms with van der Waals surface area (Å²) in [6.07, 6.45) is 4.04. The van der Waals surface area contributed by atoms with Gasteiger partial charge in [-0.1, -0.05) is 19.1 Å². The number of anilines is 2. The van der Waals surface area contributed by atoms with Crippen molar-refractivity contribution in [2.45, 2.75) is 46.3 Å². The number of carbonyl (C=O) groups excluding carboxylic acids is 1. The maximum absolute atomic E-state index is 12.4. The van der Waals surface area contributed by atoms with Crippen LogP contribution in [0.15, 0.2) is 36.7 Å². The molecule has 0 fully saturated rings. The fourth-order valence-corrected chi connectivity index (χ4v) is 1.99. The molecule has 128 valence electrons. The third-order valence-electron chi connectivity index (χ3n) is 3.39. The van der Waals surface area contributed by atoms with Crippen LogP contribution in [-0.4, -0.2) is 28.0 Å². The minimum absolute atomic E-state index is 0.0220. The molecule has 0 bridgehead atoms. The van der Waals surface area contributed by atoms with Crippen molar-refractivity contribution in [3.05, 3.63) is 42.4 Å². The van der Waals surface area contributed by atoms with Gasteiger partial charge in [-0.2, -0.15) is 0 Å². The Morgan fingerprint density at radius 3 is 2.54 bits per heavy atom. The largest absolute Gasteiger partial charge is 0.489 e. The van der Waals surface area contributed by atoms with Gasteiger partial charge in [-0.05, 0) is 39.3 Å². The lowest BCUT2D eigenvalue weighted by atomic mass is 10.2. The van der Waals surface area contributed by atoms with Crippen molar-refractivity contribution < 1.29 is 9.53 Å². The van der Waals surface area contributed by atoms with E-state index in [0.29, 0.717) is 23.3 Å². The topological polar surface area (TPSA) is 76.1 Å². The molecule has 0 saturated heterocycles. The van der Waals surface area contributed by atoms with Crippen LogP contribution in [0, 0.1) is 0 Å². The number of hydrogen-bond donors (Lipinski definition) is 2. The third-order valence-corrected chi connectivity index (χ3v) is 3.39. The van der Waals surface area contributed by atoms with Gasteiger partial charge in [0.05, 0.1) is 24.2 Å². The Labute approximate surface area is 142 Å². The van der Waals surface area contributed by atoms with Gasteiger partial charge in [0.1, 0.15) is 17.3 Å². The molecule has 2 aromatic rings. The molecule has 24 heavy (non-hydrogen) atoms. The Bertz CT molecular complexity index is 671. The van der Waals surface area contributed by atoms with Crippen LogP contribution in [0.25, 0.3) is 0 Å². The highest BCUT2D eigenvalue weighted by Gasteiger charge is 2.12. The van der Waals surface area contributed by atoms with Gasteiger partial charge in [0.15, 0.2) is 0 Å². The summed E-state index contributed by atoms with van der Waals surface area (Å²) >= 11 is 0. The summed E-state index contributed by atoms with van der Waals surface area (Å²) in [5.74, 6) is 0.964. The molecule has 0 aliphatic rings. The molecule has 0 aliphatic carbocycles. The number of rotatable bonds is 7. The molecule has 1 atom stereocenters. The summed E-state index contributed by atoms with van der Waals surface area (Å²) in [6.45, 7) is 8.03. The van der Waals surface area contributed by atoms with Crippen LogP contribution < -0.4 is 15.4 Å². The molecule has 2 rings (SSSR count). The normalized spacial score (nSPS) is 11.9. The predicted octanol–water partition coefficient (Wildman–Crippen LogP) is 3.73. The van der Waals surface area contributed by atoms with Crippen molar-refractivity contribution in [3.63, 3.8) is 0 Å². The van der Waals surface area contributed by atoms with Crippen molar-refractivity contribution in [3.8, 4) is 5.75 Å². The summed E-state index contributed by atoms with van der Waals surface area (Å²) in [6, 6.07) is 7.62. The average Bonchev–Trinajstić information content (AvgIpc) is 2.56. The van der Waals surface area contributed by atoms with E-state index in [2.05, 4.69) is 34.4 Å². The van der Waals surface area contributed by atoms with Crippen molar-refractivity contribution in [1.82, 2.24) is 9.97 Å². The maximum atomic E-state index is 12.4. The van der Waals surface area contributed by atoms with Gasteiger partial charge < -0.3 is 15.4 Å². The fourth-order valence-electron chi connectivity index (χ4n) is 1.99. The molecule has 1 unspecified atom stereocenters. The maximum Gasteiger partial charge on any atom is 0.275 e. The summed E-state index contributed by atoms with van der Waals surface area (Å²) in [5.41, 5.74) is 0.865. The van der Waals surface area contributed by atoms with Crippen LogP contribution in [0.2, 0.25) is 0 Å². The van der Waals surface area contributed by atoms with E-state index in [1.807, 2.05) is 32.0 Å². The SMILES string of the molecule is CCC(C)Nc1cnc(C(=O)Nc2ccccc2OC(C)C)cn1. The lowest BCUT2D eigenvalue weighted by Crippen LogP contribution is -2.18. The quantitative estimate of drug-likeness (QED) is 0.810. The van der Waals surface area contributed by atoms with Crippen molar-refractivity contribution in [1.29, 1.82) is 0 Å². The molecule has 1 amide bonds. The van der Waals surface area contributed by atoms with Crippen LogP contribution in [0.3, 0.4) is 0 Å². The molecule has 0 radical (unpaired) electrons. The van der Waals surface area contributed by atoms with E-state index in [9.17, 15) is 4.79 Å². The van der Waals surface area contributed by atoms with Crippen LogP contribution >= 0.6 is 0 Å². The zero-order valence-corrected chi connectivity index (χ0v) is 14.5. The van der Waals surface area contributed by atoms with E-state index in [-0.39, 0.29) is 17.7 Å². The Morgan fingerprint density at radius 2 is 1.92 bits per heavy atom. The lowest BCUT2D eigenvalue weighted by molar-refractivity contribution is 0.102. The number of ether oxygens (including phenoxy) is 1. The molecular formula is C18H24N4O2. The summed E-state index contributed by atoms with van der Waals surface area (Å²) in [4.78, 5) is 20.8. The Morgan fingerprint density at radius 1 is 1.17 bits per heavy atom. The monoisotopic (exact) mass is 328 g/mol. The lowest BCUT2D eigenvalue weighted by Gasteiger charge is -2.15. The van der Waals surface area contributed by atoms with Gasteiger partial charge in [0.25, 0.3) is 5.91 Å². The molecular weight excluding hydrogens is 304 g/mol. The second-order valence-corrected chi connectivity index (χ2v) is 5.86. The number of hydrogen-bond acceptors (Lipinski definition) is 5. The highest BCUT2D eigenvalue weighted by molar-refractivity contribution is 6.03. The van der Waals surface area contributed by atoms with Crippen LogP contribution in [0.5, 0.6) is 5.75 Å². The molecule has 0 saturated carbocycles. The fraction of sp³-hybridized carbons (Fsp3) is 0.389. The van der Waals surface area contributed by atoms with Gasteiger partial charge in [0, 0.05) is 6.04 Å². The number of carbonyl (C=O) groups is 1. The molecule has 0 aliphatic heterocycles. The van der Waals surface area contributed by atoms with Gasteiger partial charge in [-0.25, -0.2) is 9.97 Å². The number of benzene rings is 1. The first-order valence-electron chi connectivity index (χ1n) is 8.15. The van der Waals surface area contributed by atoms with Crippen molar-refractivity contribution in [2.75, 3.05) is 10.6 Å². The summed E-state index contributed by atoms with van der Waals surface area (Å²) in [5, 5.41) is 6.03. The van der Waals surface area contributed by atoms with E-state index in [0.717, 1.165) is 6.42 Å². The molecule has 1 heterocycles. The zero-order valence-electron chi connectivity index (χ0n) is 14.5. The highest BCUT2D eigenvalue weighted by atomic mass is 16.5. The second kappa shape index (κ2) is 8.29. The molecule has 6 heteroatoms. The van der Waals surface area contributed by atoms with E-state index >= 15 is 0 Å². The molecule has 1 aromatic carbocycles. The number of amides is 1.